The Kier molecular flexibility index (Phi) is 5.29. The number of ether oxygens (including phenoxy) is 1. The van der Waals surface area contributed by atoms with Crippen molar-refractivity contribution in [2.24, 2.45) is 5.73 Å². The number of amides is 2. The first-order valence-electron chi connectivity index (χ1n) is 7.07. The van der Waals surface area contributed by atoms with Crippen molar-refractivity contribution in [3.05, 3.63) is 41.5 Å². The van der Waals surface area contributed by atoms with Crippen LogP contribution in [0.1, 0.15) is 35.9 Å². The van der Waals surface area contributed by atoms with Gasteiger partial charge in [0.1, 0.15) is 5.75 Å². The molecule has 0 saturated heterocycles. The fraction of sp³-hybridized carbons (Fsp3) is 0.333. The van der Waals surface area contributed by atoms with Gasteiger partial charge in [-0.25, -0.2) is 0 Å². The van der Waals surface area contributed by atoms with Gasteiger partial charge in [-0.2, -0.15) is 4.98 Å². The zero-order valence-electron chi connectivity index (χ0n) is 12.9. The second-order valence-electron chi connectivity index (χ2n) is 5.22. The van der Waals surface area contributed by atoms with Crippen molar-refractivity contribution in [2.75, 3.05) is 0 Å². The molecule has 0 spiro atoms. The van der Waals surface area contributed by atoms with Crippen molar-refractivity contribution in [2.45, 2.75) is 32.9 Å². The zero-order valence-corrected chi connectivity index (χ0v) is 12.9. The fourth-order valence-electron chi connectivity index (χ4n) is 1.78. The molecule has 2 amide bonds. The highest BCUT2D eigenvalue weighted by Crippen LogP contribution is 2.14. The maximum atomic E-state index is 11.7. The zero-order chi connectivity index (χ0) is 16.8. The predicted octanol–water partition coefficient (Wildman–Crippen LogP) is 0.815. The van der Waals surface area contributed by atoms with Crippen molar-refractivity contribution in [1.29, 1.82) is 0 Å². The van der Waals surface area contributed by atoms with E-state index in [4.69, 9.17) is 15.0 Å². The summed E-state index contributed by atoms with van der Waals surface area (Å²) >= 11 is 0. The third kappa shape index (κ3) is 5.10. The molecule has 0 bridgehead atoms. The Balaban J connectivity index is 1.90. The topological polar surface area (TPSA) is 120 Å². The molecule has 0 saturated carbocycles. The minimum absolute atomic E-state index is 0.0204. The first kappa shape index (κ1) is 16.5. The fourth-order valence-corrected chi connectivity index (χ4v) is 1.78. The van der Waals surface area contributed by atoms with Gasteiger partial charge >= 0.3 is 11.8 Å². The number of benzene rings is 1. The van der Waals surface area contributed by atoms with E-state index < -0.39 is 11.8 Å². The molecule has 8 nitrogen and oxygen atoms in total. The number of primary amides is 1. The van der Waals surface area contributed by atoms with Gasteiger partial charge in [0.05, 0.1) is 6.42 Å². The summed E-state index contributed by atoms with van der Waals surface area (Å²) in [5.74, 6) is -0.0716. The highest BCUT2D eigenvalue weighted by molar-refractivity contribution is 5.89. The molecular formula is C15H18N4O4. The third-order valence-electron chi connectivity index (χ3n) is 2.75. The summed E-state index contributed by atoms with van der Waals surface area (Å²) in [6.45, 7) is 3.73. The van der Waals surface area contributed by atoms with Gasteiger partial charge in [0, 0.05) is 6.04 Å². The number of hydrogen-bond acceptors (Lipinski definition) is 6. The smallest absolute Gasteiger partial charge is 0.316 e. The van der Waals surface area contributed by atoms with Crippen LogP contribution < -0.4 is 15.8 Å². The maximum Gasteiger partial charge on any atom is 0.316 e. The van der Waals surface area contributed by atoms with Crippen LogP contribution in [0.25, 0.3) is 0 Å². The van der Waals surface area contributed by atoms with E-state index in [1.807, 2.05) is 13.8 Å². The lowest BCUT2D eigenvalue weighted by molar-refractivity contribution is -0.117. The van der Waals surface area contributed by atoms with Crippen LogP contribution in [0.5, 0.6) is 5.75 Å². The monoisotopic (exact) mass is 318 g/mol. The summed E-state index contributed by atoms with van der Waals surface area (Å²) in [5, 5.41) is 6.34. The molecule has 0 aliphatic heterocycles. The van der Waals surface area contributed by atoms with Gasteiger partial charge in [-0.15, -0.1) is 0 Å². The van der Waals surface area contributed by atoms with E-state index in [-0.39, 0.29) is 30.8 Å². The Morgan fingerprint density at radius 3 is 2.61 bits per heavy atom. The Bertz CT molecular complexity index is 679. The van der Waals surface area contributed by atoms with Crippen LogP contribution in [0.3, 0.4) is 0 Å². The van der Waals surface area contributed by atoms with Crippen molar-refractivity contribution in [1.82, 2.24) is 15.5 Å². The van der Waals surface area contributed by atoms with Crippen molar-refractivity contribution in [3.63, 3.8) is 0 Å². The van der Waals surface area contributed by atoms with E-state index in [0.717, 1.165) is 5.56 Å². The van der Waals surface area contributed by atoms with E-state index in [9.17, 15) is 9.59 Å². The van der Waals surface area contributed by atoms with Gasteiger partial charge in [0.25, 0.3) is 0 Å². The van der Waals surface area contributed by atoms with Gasteiger partial charge in [0.2, 0.25) is 11.7 Å². The van der Waals surface area contributed by atoms with Crippen LogP contribution in [0.15, 0.2) is 28.8 Å². The van der Waals surface area contributed by atoms with Gasteiger partial charge in [-0.1, -0.05) is 17.3 Å². The van der Waals surface area contributed by atoms with E-state index in [1.165, 1.54) is 0 Å². The number of rotatable bonds is 7. The molecule has 2 aromatic rings. The Hall–Kier alpha value is -2.90. The number of nitrogens with one attached hydrogen (secondary N) is 1. The van der Waals surface area contributed by atoms with Gasteiger partial charge in [0.15, 0.2) is 6.61 Å². The lowest BCUT2D eigenvalue weighted by Crippen LogP contribution is -2.30. The van der Waals surface area contributed by atoms with E-state index in [0.29, 0.717) is 5.75 Å². The average molecular weight is 318 g/mol. The van der Waals surface area contributed by atoms with Crippen molar-refractivity contribution < 1.29 is 18.8 Å². The molecule has 0 radical (unpaired) electrons. The molecule has 0 atom stereocenters. The molecule has 3 N–H and O–H groups in total. The summed E-state index contributed by atoms with van der Waals surface area (Å²) in [6, 6.07) is 6.90. The predicted molar refractivity (Wildman–Crippen MR) is 80.6 cm³/mol. The SMILES string of the molecule is CC(C)NC(=O)c1nc(COc2ccc(CC(N)=O)cc2)no1. The number of nitrogens with two attached hydrogens (primary N) is 1. The van der Waals surface area contributed by atoms with Crippen molar-refractivity contribution >= 4 is 11.8 Å². The third-order valence-corrected chi connectivity index (χ3v) is 2.75. The van der Waals surface area contributed by atoms with Crippen LogP contribution in [-0.2, 0) is 17.8 Å². The Morgan fingerprint density at radius 2 is 2.00 bits per heavy atom. The molecule has 8 heteroatoms. The summed E-state index contributed by atoms with van der Waals surface area (Å²) < 4.78 is 10.4. The normalized spacial score (nSPS) is 10.6. The van der Waals surface area contributed by atoms with Crippen LogP contribution in [0, 0.1) is 0 Å². The first-order valence-corrected chi connectivity index (χ1v) is 7.07. The number of aromatic nitrogens is 2. The van der Waals surface area contributed by atoms with Gasteiger partial charge in [-0.05, 0) is 31.5 Å². The molecule has 23 heavy (non-hydrogen) atoms. The minimum Gasteiger partial charge on any atom is -0.485 e. The largest absolute Gasteiger partial charge is 0.485 e. The van der Waals surface area contributed by atoms with E-state index >= 15 is 0 Å². The summed E-state index contributed by atoms with van der Waals surface area (Å²) in [4.78, 5) is 26.5. The number of nitrogens with zero attached hydrogens (tertiary/aromatic N) is 2. The van der Waals surface area contributed by atoms with Gasteiger partial charge in [-0.3, -0.25) is 9.59 Å². The highest BCUT2D eigenvalue weighted by atomic mass is 16.5. The van der Waals surface area contributed by atoms with E-state index in [1.54, 1.807) is 24.3 Å². The molecule has 0 aliphatic rings. The first-order chi connectivity index (χ1) is 10.9. The summed E-state index contributed by atoms with van der Waals surface area (Å²) in [7, 11) is 0. The summed E-state index contributed by atoms with van der Waals surface area (Å²) in [6.07, 6.45) is 0.180. The molecule has 1 aromatic heterocycles. The average Bonchev–Trinajstić information content (AvgIpc) is 2.94. The Morgan fingerprint density at radius 1 is 1.30 bits per heavy atom. The minimum atomic E-state index is -0.422. The van der Waals surface area contributed by atoms with Crippen LogP contribution >= 0.6 is 0 Å². The van der Waals surface area contributed by atoms with Crippen molar-refractivity contribution in [3.8, 4) is 5.75 Å². The molecular weight excluding hydrogens is 300 g/mol. The molecule has 1 aromatic carbocycles. The van der Waals surface area contributed by atoms with E-state index in [2.05, 4.69) is 15.5 Å². The van der Waals surface area contributed by atoms with Crippen LogP contribution in [-0.4, -0.2) is 28.0 Å². The Labute approximate surface area is 133 Å². The lowest BCUT2D eigenvalue weighted by atomic mass is 10.1. The standard InChI is InChI=1S/C15H18N4O4/c1-9(2)17-14(21)15-18-13(19-23-15)8-22-11-5-3-10(4-6-11)7-12(16)20/h3-6,9H,7-8H2,1-2H3,(H2,16,20)(H,17,21). The quantitative estimate of drug-likeness (QED) is 0.779. The molecule has 0 fully saturated rings. The van der Waals surface area contributed by atoms with Crippen LogP contribution in [0.4, 0.5) is 0 Å². The number of carbonyl (C=O) groups is 2. The number of hydrogen-bond donors (Lipinski definition) is 2. The molecule has 122 valence electrons. The molecule has 2 rings (SSSR count). The molecule has 0 unspecified atom stereocenters. The van der Waals surface area contributed by atoms with Gasteiger partial charge < -0.3 is 20.3 Å². The number of carbonyl (C=O) groups excluding carboxylic acids is 2. The second-order valence-corrected chi connectivity index (χ2v) is 5.22. The highest BCUT2D eigenvalue weighted by Gasteiger charge is 2.16. The summed E-state index contributed by atoms with van der Waals surface area (Å²) in [5.41, 5.74) is 5.93. The molecule has 1 heterocycles. The molecule has 0 aliphatic carbocycles. The van der Waals surface area contributed by atoms with Crippen LogP contribution in [0.2, 0.25) is 0 Å². The second kappa shape index (κ2) is 7.39. The lowest BCUT2D eigenvalue weighted by Gasteiger charge is -2.04. The maximum absolute atomic E-state index is 11.7.